The fraction of sp³-hybridized carbons (Fsp3) is 0.538. The molecule has 1 rings (SSSR count). The van der Waals surface area contributed by atoms with Gasteiger partial charge in [-0.15, -0.1) is 0 Å². The van der Waals surface area contributed by atoms with Crippen molar-refractivity contribution in [1.82, 2.24) is 4.90 Å². The van der Waals surface area contributed by atoms with Crippen molar-refractivity contribution in [2.75, 3.05) is 20.6 Å². The van der Waals surface area contributed by atoms with Crippen LogP contribution in [0.5, 0.6) is 0 Å². The lowest BCUT2D eigenvalue weighted by atomic mass is 9.91. The van der Waals surface area contributed by atoms with Crippen LogP contribution in [0.1, 0.15) is 24.9 Å². The molecular weight excluding hydrogens is 203 g/mol. The van der Waals surface area contributed by atoms with Crippen molar-refractivity contribution in [2.24, 2.45) is 11.7 Å². The predicted octanol–water partition coefficient (Wildman–Crippen LogP) is 2.41. The Morgan fingerprint density at radius 2 is 2.06 bits per heavy atom. The molecule has 0 spiro atoms. The molecule has 0 heterocycles. The van der Waals surface area contributed by atoms with Crippen molar-refractivity contribution in [3.05, 3.63) is 35.6 Å². The monoisotopic (exact) mass is 224 g/mol. The number of rotatable bonds is 5. The summed E-state index contributed by atoms with van der Waals surface area (Å²) in [6.07, 6.45) is 0.944. The third kappa shape index (κ3) is 3.29. The van der Waals surface area contributed by atoms with E-state index in [2.05, 4.69) is 11.8 Å². The summed E-state index contributed by atoms with van der Waals surface area (Å²) in [5.74, 6) is 0.242. The predicted molar refractivity (Wildman–Crippen MR) is 65.7 cm³/mol. The Hall–Kier alpha value is -0.930. The van der Waals surface area contributed by atoms with Crippen LogP contribution in [-0.2, 0) is 0 Å². The molecule has 0 fully saturated rings. The Labute approximate surface area is 97.3 Å². The van der Waals surface area contributed by atoms with Gasteiger partial charge in [-0.25, -0.2) is 4.39 Å². The summed E-state index contributed by atoms with van der Waals surface area (Å²) in [5, 5.41) is 0. The van der Waals surface area contributed by atoms with E-state index in [9.17, 15) is 4.39 Å². The highest BCUT2D eigenvalue weighted by atomic mass is 19.1. The topological polar surface area (TPSA) is 29.3 Å². The van der Waals surface area contributed by atoms with Crippen LogP contribution in [0.25, 0.3) is 0 Å². The Bertz CT molecular complexity index is 325. The van der Waals surface area contributed by atoms with Gasteiger partial charge in [0, 0.05) is 6.04 Å². The number of nitrogens with two attached hydrogens (primary N) is 1. The Morgan fingerprint density at radius 3 is 2.56 bits per heavy atom. The van der Waals surface area contributed by atoms with E-state index < -0.39 is 0 Å². The molecule has 0 aliphatic carbocycles. The first kappa shape index (κ1) is 13.1. The number of hydrogen-bond acceptors (Lipinski definition) is 2. The average Bonchev–Trinajstić information content (AvgIpc) is 2.17. The van der Waals surface area contributed by atoms with E-state index in [0.29, 0.717) is 12.5 Å². The first-order valence-corrected chi connectivity index (χ1v) is 5.68. The average molecular weight is 224 g/mol. The molecule has 0 amide bonds. The molecule has 1 aromatic rings. The Kier molecular flexibility index (Phi) is 4.90. The van der Waals surface area contributed by atoms with Gasteiger partial charge < -0.3 is 10.6 Å². The maximum atomic E-state index is 13.2. The lowest BCUT2D eigenvalue weighted by molar-refractivity contribution is 0.216. The van der Waals surface area contributed by atoms with Crippen LogP contribution in [-0.4, -0.2) is 25.5 Å². The van der Waals surface area contributed by atoms with E-state index in [1.54, 1.807) is 12.1 Å². The van der Waals surface area contributed by atoms with Crippen LogP contribution in [0.15, 0.2) is 24.3 Å². The van der Waals surface area contributed by atoms with Gasteiger partial charge in [-0.2, -0.15) is 0 Å². The normalized spacial score (nSPS) is 15.1. The van der Waals surface area contributed by atoms with Gasteiger partial charge in [0.1, 0.15) is 5.82 Å². The largest absolute Gasteiger partial charge is 0.330 e. The van der Waals surface area contributed by atoms with Crippen molar-refractivity contribution < 1.29 is 4.39 Å². The first-order valence-electron chi connectivity index (χ1n) is 5.68. The van der Waals surface area contributed by atoms with Gasteiger partial charge in [0.2, 0.25) is 0 Å². The van der Waals surface area contributed by atoms with Crippen molar-refractivity contribution in [1.29, 1.82) is 0 Å². The maximum Gasteiger partial charge on any atom is 0.123 e. The third-order valence-electron chi connectivity index (χ3n) is 2.91. The zero-order chi connectivity index (χ0) is 12.1. The van der Waals surface area contributed by atoms with Crippen LogP contribution in [0.4, 0.5) is 4.39 Å². The van der Waals surface area contributed by atoms with Gasteiger partial charge in [-0.1, -0.05) is 19.1 Å². The molecule has 16 heavy (non-hydrogen) atoms. The molecule has 0 aliphatic rings. The molecule has 3 heteroatoms. The lowest BCUT2D eigenvalue weighted by Gasteiger charge is -2.30. The molecule has 0 radical (unpaired) electrons. The fourth-order valence-corrected chi connectivity index (χ4v) is 2.25. The van der Waals surface area contributed by atoms with E-state index >= 15 is 0 Å². The summed E-state index contributed by atoms with van der Waals surface area (Å²) >= 11 is 0. The highest BCUT2D eigenvalue weighted by molar-refractivity contribution is 5.20. The molecule has 0 aromatic heterocycles. The van der Waals surface area contributed by atoms with Gasteiger partial charge in [0.15, 0.2) is 0 Å². The number of halogens is 1. The second-order valence-corrected chi connectivity index (χ2v) is 4.52. The molecule has 2 nitrogen and oxygen atoms in total. The quantitative estimate of drug-likeness (QED) is 0.832. The molecule has 0 saturated heterocycles. The lowest BCUT2D eigenvalue weighted by Crippen LogP contribution is -2.27. The molecule has 0 saturated carbocycles. The molecular formula is C13H21FN2. The highest BCUT2D eigenvalue weighted by Crippen LogP contribution is 2.28. The molecule has 90 valence electrons. The van der Waals surface area contributed by atoms with Crippen LogP contribution in [0, 0.1) is 11.7 Å². The van der Waals surface area contributed by atoms with Gasteiger partial charge in [-0.05, 0) is 50.7 Å². The fourth-order valence-electron chi connectivity index (χ4n) is 2.25. The second-order valence-electron chi connectivity index (χ2n) is 4.52. The summed E-state index contributed by atoms with van der Waals surface area (Å²) in [6, 6.07) is 7.04. The third-order valence-corrected chi connectivity index (χ3v) is 2.91. The summed E-state index contributed by atoms with van der Waals surface area (Å²) in [5.41, 5.74) is 6.60. The van der Waals surface area contributed by atoms with Crippen molar-refractivity contribution in [3.8, 4) is 0 Å². The SMILES string of the molecule is CC(CCN)C(c1cccc(F)c1)N(C)C. The van der Waals surface area contributed by atoms with E-state index in [1.807, 2.05) is 20.2 Å². The minimum absolute atomic E-state index is 0.177. The van der Waals surface area contributed by atoms with Crippen LogP contribution < -0.4 is 5.73 Å². The summed E-state index contributed by atoms with van der Waals surface area (Å²) < 4.78 is 13.2. The Balaban J connectivity index is 2.93. The number of hydrogen-bond donors (Lipinski definition) is 1. The number of nitrogens with zero attached hydrogens (tertiary/aromatic N) is 1. The van der Waals surface area contributed by atoms with Crippen LogP contribution in [0.3, 0.4) is 0 Å². The van der Waals surface area contributed by atoms with Crippen molar-refractivity contribution >= 4 is 0 Å². The zero-order valence-electron chi connectivity index (χ0n) is 10.3. The van der Waals surface area contributed by atoms with E-state index in [0.717, 1.165) is 12.0 Å². The van der Waals surface area contributed by atoms with E-state index in [4.69, 9.17) is 5.73 Å². The molecule has 1 aromatic carbocycles. The minimum atomic E-state index is -0.177. The first-order chi connectivity index (χ1) is 7.56. The minimum Gasteiger partial charge on any atom is -0.330 e. The maximum absolute atomic E-state index is 13.2. The van der Waals surface area contributed by atoms with Gasteiger partial charge in [0.25, 0.3) is 0 Å². The molecule has 2 unspecified atom stereocenters. The summed E-state index contributed by atoms with van der Waals surface area (Å²) in [4.78, 5) is 2.12. The highest BCUT2D eigenvalue weighted by Gasteiger charge is 2.21. The van der Waals surface area contributed by atoms with Gasteiger partial charge in [0.05, 0.1) is 0 Å². The molecule has 2 N–H and O–H groups in total. The number of benzene rings is 1. The standard InChI is InChI=1S/C13H21FN2/c1-10(7-8-15)13(16(2)3)11-5-4-6-12(14)9-11/h4-6,9-10,13H,7-8,15H2,1-3H3. The van der Waals surface area contributed by atoms with Gasteiger partial charge >= 0.3 is 0 Å². The van der Waals surface area contributed by atoms with Crippen LogP contribution in [0.2, 0.25) is 0 Å². The van der Waals surface area contributed by atoms with E-state index in [-0.39, 0.29) is 11.9 Å². The molecule has 0 bridgehead atoms. The zero-order valence-corrected chi connectivity index (χ0v) is 10.3. The van der Waals surface area contributed by atoms with Crippen LogP contribution >= 0.6 is 0 Å². The molecule has 0 aliphatic heterocycles. The molecule has 2 atom stereocenters. The van der Waals surface area contributed by atoms with Crippen molar-refractivity contribution in [3.63, 3.8) is 0 Å². The second kappa shape index (κ2) is 5.97. The smallest absolute Gasteiger partial charge is 0.123 e. The Morgan fingerprint density at radius 1 is 1.38 bits per heavy atom. The summed E-state index contributed by atoms with van der Waals surface area (Å²) in [6.45, 7) is 2.82. The van der Waals surface area contributed by atoms with E-state index in [1.165, 1.54) is 6.07 Å². The van der Waals surface area contributed by atoms with Crippen molar-refractivity contribution in [2.45, 2.75) is 19.4 Å². The van der Waals surface area contributed by atoms with Gasteiger partial charge in [-0.3, -0.25) is 0 Å². The summed E-state index contributed by atoms with van der Waals surface area (Å²) in [7, 11) is 4.03.